The van der Waals surface area contributed by atoms with Gasteiger partial charge in [0.15, 0.2) is 4.34 Å². The molecule has 0 saturated carbocycles. The molecule has 0 aliphatic heterocycles. The maximum atomic E-state index is 12.5. The molecule has 2 N–H and O–H groups in total. The standard InChI is InChI=1S/C19H17ClN4O4S2/c1-27-13-7-8-14(15(9-13)28-2)17(26)22-18-23-24-19(30-18)29-10-16(25)21-12-5-3-11(20)4-6-12/h3-9H,10H2,1-2H3,(H,21,25)(H,22,23,26). The fraction of sp³-hybridized carbons (Fsp3) is 0.158. The molecule has 3 aromatic rings. The van der Waals surface area contributed by atoms with Gasteiger partial charge >= 0.3 is 0 Å². The van der Waals surface area contributed by atoms with E-state index >= 15 is 0 Å². The number of hydrogen-bond acceptors (Lipinski definition) is 8. The molecule has 0 unspecified atom stereocenters. The van der Waals surface area contributed by atoms with Gasteiger partial charge < -0.3 is 14.8 Å². The molecular weight excluding hydrogens is 448 g/mol. The molecule has 0 aliphatic carbocycles. The van der Waals surface area contributed by atoms with E-state index in [1.54, 1.807) is 42.5 Å². The highest BCUT2D eigenvalue weighted by Gasteiger charge is 2.16. The Bertz CT molecular complexity index is 1040. The minimum atomic E-state index is -0.386. The molecule has 11 heteroatoms. The molecule has 0 spiro atoms. The second kappa shape index (κ2) is 10.3. The molecule has 8 nitrogen and oxygen atoms in total. The van der Waals surface area contributed by atoms with Gasteiger partial charge in [0.2, 0.25) is 11.0 Å². The fourth-order valence-corrected chi connectivity index (χ4v) is 4.00. The molecule has 30 heavy (non-hydrogen) atoms. The molecule has 0 saturated heterocycles. The van der Waals surface area contributed by atoms with E-state index in [0.717, 1.165) is 0 Å². The summed E-state index contributed by atoms with van der Waals surface area (Å²) in [6, 6.07) is 11.7. The predicted octanol–water partition coefficient (Wildman–Crippen LogP) is 4.19. The van der Waals surface area contributed by atoms with Gasteiger partial charge in [0.1, 0.15) is 11.5 Å². The number of halogens is 1. The lowest BCUT2D eigenvalue weighted by Gasteiger charge is -2.09. The van der Waals surface area contributed by atoms with Gasteiger partial charge in [-0.1, -0.05) is 34.7 Å². The van der Waals surface area contributed by atoms with Crippen molar-refractivity contribution in [1.82, 2.24) is 10.2 Å². The van der Waals surface area contributed by atoms with Gasteiger partial charge in [-0.3, -0.25) is 14.9 Å². The van der Waals surface area contributed by atoms with Crippen molar-refractivity contribution in [3.8, 4) is 11.5 Å². The van der Waals surface area contributed by atoms with E-state index in [9.17, 15) is 9.59 Å². The largest absolute Gasteiger partial charge is 0.497 e. The van der Waals surface area contributed by atoms with Crippen LogP contribution in [0.2, 0.25) is 5.02 Å². The van der Waals surface area contributed by atoms with Crippen molar-refractivity contribution < 1.29 is 19.1 Å². The topological polar surface area (TPSA) is 102 Å². The first-order valence-electron chi connectivity index (χ1n) is 8.53. The SMILES string of the molecule is COc1ccc(C(=O)Nc2nnc(SCC(=O)Nc3ccc(Cl)cc3)s2)c(OC)c1. The number of nitrogens with zero attached hydrogens (tertiary/aromatic N) is 2. The number of rotatable bonds is 8. The van der Waals surface area contributed by atoms with Crippen LogP contribution in [0.15, 0.2) is 46.8 Å². The van der Waals surface area contributed by atoms with Crippen LogP contribution < -0.4 is 20.1 Å². The average Bonchev–Trinajstić information content (AvgIpc) is 3.20. The number of amides is 2. The Balaban J connectivity index is 1.55. The number of benzene rings is 2. The van der Waals surface area contributed by atoms with Crippen LogP contribution in [0, 0.1) is 0 Å². The smallest absolute Gasteiger partial charge is 0.261 e. The van der Waals surface area contributed by atoms with Crippen molar-refractivity contribution in [2.45, 2.75) is 4.34 Å². The van der Waals surface area contributed by atoms with Crippen molar-refractivity contribution in [3.63, 3.8) is 0 Å². The Labute approximate surface area is 185 Å². The zero-order valence-corrected chi connectivity index (χ0v) is 18.4. The Morgan fingerprint density at radius 2 is 1.83 bits per heavy atom. The van der Waals surface area contributed by atoms with Crippen molar-refractivity contribution in [2.75, 3.05) is 30.6 Å². The summed E-state index contributed by atoms with van der Waals surface area (Å²) in [7, 11) is 3.00. The lowest BCUT2D eigenvalue weighted by atomic mass is 10.2. The van der Waals surface area contributed by atoms with Crippen molar-refractivity contribution in [3.05, 3.63) is 53.1 Å². The fourth-order valence-electron chi connectivity index (χ4n) is 2.33. The van der Waals surface area contributed by atoms with Crippen LogP contribution in [0.4, 0.5) is 10.8 Å². The zero-order chi connectivity index (χ0) is 21.5. The summed E-state index contributed by atoms with van der Waals surface area (Å²) in [4.78, 5) is 24.6. The molecule has 0 atom stereocenters. The van der Waals surface area contributed by atoms with Gasteiger partial charge in [-0.05, 0) is 36.4 Å². The van der Waals surface area contributed by atoms with E-state index in [1.165, 1.54) is 37.3 Å². The molecule has 2 amide bonds. The summed E-state index contributed by atoms with van der Waals surface area (Å²) >= 11 is 8.22. The van der Waals surface area contributed by atoms with Crippen molar-refractivity contribution in [1.29, 1.82) is 0 Å². The Morgan fingerprint density at radius 3 is 2.53 bits per heavy atom. The molecule has 2 aromatic carbocycles. The third kappa shape index (κ3) is 5.85. The van der Waals surface area contributed by atoms with Crippen LogP contribution in [-0.2, 0) is 4.79 Å². The van der Waals surface area contributed by atoms with Crippen LogP contribution in [-0.4, -0.2) is 42.0 Å². The summed E-state index contributed by atoms with van der Waals surface area (Å²) in [5.74, 6) is 0.533. The highest BCUT2D eigenvalue weighted by molar-refractivity contribution is 8.01. The lowest BCUT2D eigenvalue weighted by Crippen LogP contribution is -2.13. The summed E-state index contributed by atoms with van der Waals surface area (Å²) in [5, 5.41) is 14.3. The highest BCUT2D eigenvalue weighted by atomic mass is 35.5. The van der Waals surface area contributed by atoms with E-state index in [0.29, 0.717) is 37.2 Å². The predicted molar refractivity (Wildman–Crippen MR) is 118 cm³/mol. The van der Waals surface area contributed by atoms with Gasteiger partial charge in [0, 0.05) is 16.8 Å². The van der Waals surface area contributed by atoms with Crippen LogP contribution >= 0.6 is 34.7 Å². The minimum Gasteiger partial charge on any atom is -0.497 e. The maximum Gasteiger partial charge on any atom is 0.261 e. The average molecular weight is 465 g/mol. The van der Waals surface area contributed by atoms with Crippen LogP contribution in [0.25, 0.3) is 0 Å². The van der Waals surface area contributed by atoms with E-state index in [2.05, 4.69) is 20.8 Å². The van der Waals surface area contributed by atoms with E-state index in [4.69, 9.17) is 21.1 Å². The minimum absolute atomic E-state index is 0.150. The monoisotopic (exact) mass is 464 g/mol. The van der Waals surface area contributed by atoms with Crippen LogP contribution in [0.5, 0.6) is 11.5 Å². The number of aromatic nitrogens is 2. The van der Waals surface area contributed by atoms with E-state index < -0.39 is 0 Å². The first-order valence-corrected chi connectivity index (χ1v) is 10.7. The number of hydrogen-bond donors (Lipinski definition) is 2. The highest BCUT2D eigenvalue weighted by Crippen LogP contribution is 2.28. The van der Waals surface area contributed by atoms with Crippen molar-refractivity contribution >= 4 is 57.3 Å². The summed E-state index contributed by atoms with van der Waals surface area (Å²) < 4.78 is 10.9. The number of ether oxygens (including phenoxy) is 2. The molecular formula is C19H17ClN4O4S2. The molecule has 0 aliphatic rings. The Hall–Kier alpha value is -2.82. The number of carbonyl (C=O) groups is 2. The van der Waals surface area contributed by atoms with Gasteiger partial charge in [0.05, 0.1) is 25.5 Å². The zero-order valence-electron chi connectivity index (χ0n) is 16.0. The number of methoxy groups -OCH3 is 2. The first kappa shape index (κ1) is 21.9. The quantitative estimate of drug-likeness (QED) is 0.380. The molecule has 0 bridgehead atoms. The molecule has 3 rings (SSSR count). The summed E-state index contributed by atoms with van der Waals surface area (Å²) in [6.45, 7) is 0. The summed E-state index contributed by atoms with van der Waals surface area (Å²) in [5.41, 5.74) is 0.994. The number of nitrogens with one attached hydrogen (secondary N) is 2. The van der Waals surface area contributed by atoms with Gasteiger partial charge in [-0.2, -0.15) is 0 Å². The molecule has 0 fully saturated rings. The lowest BCUT2D eigenvalue weighted by molar-refractivity contribution is -0.113. The van der Waals surface area contributed by atoms with E-state index in [-0.39, 0.29) is 17.6 Å². The van der Waals surface area contributed by atoms with E-state index in [1.807, 2.05) is 0 Å². The van der Waals surface area contributed by atoms with Gasteiger partial charge in [0.25, 0.3) is 5.91 Å². The Kier molecular flexibility index (Phi) is 7.50. The second-order valence-corrected chi connectivity index (χ2v) is 8.37. The second-order valence-electron chi connectivity index (χ2n) is 5.74. The molecule has 156 valence electrons. The van der Waals surface area contributed by atoms with Crippen LogP contribution in [0.3, 0.4) is 0 Å². The third-order valence-corrected chi connectivity index (χ3v) is 5.96. The number of anilines is 2. The first-order chi connectivity index (χ1) is 14.5. The number of carbonyl (C=O) groups excluding carboxylic acids is 2. The normalized spacial score (nSPS) is 10.4. The van der Waals surface area contributed by atoms with Gasteiger partial charge in [-0.25, -0.2) is 0 Å². The number of thioether (sulfide) groups is 1. The van der Waals surface area contributed by atoms with Crippen LogP contribution in [0.1, 0.15) is 10.4 Å². The maximum absolute atomic E-state index is 12.5. The third-order valence-electron chi connectivity index (χ3n) is 3.73. The van der Waals surface area contributed by atoms with Crippen molar-refractivity contribution in [2.24, 2.45) is 0 Å². The molecule has 1 aromatic heterocycles. The molecule has 1 heterocycles. The van der Waals surface area contributed by atoms with Gasteiger partial charge in [-0.15, -0.1) is 10.2 Å². The Morgan fingerprint density at radius 1 is 1.07 bits per heavy atom. The summed E-state index contributed by atoms with van der Waals surface area (Å²) in [6.07, 6.45) is 0. The molecule has 0 radical (unpaired) electrons.